The summed E-state index contributed by atoms with van der Waals surface area (Å²) in [7, 11) is 0. The van der Waals surface area contributed by atoms with Crippen molar-refractivity contribution in [2.45, 2.75) is 0 Å². The Balaban J connectivity index is 0.973. The van der Waals surface area contributed by atoms with Gasteiger partial charge in [0, 0.05) is 44.3 Å². The zero-order valence-electron chi connectivity index (χ0n) is 34.2. The third kappa shape index (κ3) is 5.94. The maximum Gasteiger partial charge on any atom is 0.160 e. The highest BCUT2D eigenvalue weighted by atomic mass is 16.3. The minimum atomic E-state index is 0.593. The molecule has 12 aromatic rings. The lowest BCUT2D eigenvalue weighted by atomic mass is 10.0. The third-order valence-electron chi connectivity index (χ3n) is 12.3. The second-order valence-electron chi connectivity index (χ2n) is 15.9. The van der Waals surface area contributed by atoms with Gasteiger partial charge >= 0.3 is 0 Å². The van der Waals surface area contributed by atoms with Crippen LogP contribution >= 0.6 is 0 Å². The molecule has 0 saturated carbocycles. The van der Waals surface area contributed by atoms with Crippen LogP contribution in [0.2, 0.25) is 0 Å². The first-order valence-corrected chi connectivity index (χ1v) is 21.1. The molecule has 298 valence electrons. The van der Waals surface area contributed by atoms with Crippen molar-refractivity contribution in [3.63, 3.8) is 0 Å². The molecule has 0 aliphatic rings. The number of nitriles is 2. The van der Waals surface area contributed by atoms with E-state index in [9.17, 15) is 10.5 Å². The van der Waals surface area contributed by atoms with Crippen molar-refractivity contribution in [1.82, 2.24) is 0 Å². The largest absolute Gasteiger partial charge is 0.454 e. The number of nitrogens with zero attached hydrogens (tertiary/aromatic N) is 4. The molecule has 64 heavy (non-hydrogen) atoms. The second kappa shape index (κ2) is 14.8. The standard InChI is InChI=1S/C58H34N4O2/c59-35-37-17-25-43(26-18-37)61(51-33-41-9-1-3-11-47(41)55-49-13-5-7-15-53(49)63-57(51)55)45-29-21-39(22-30-45)40-23-31-46(32-24-40)62(44-27-19-38(36-60)20-28-44)52-34-42-10-2-4-12-48(42)56-50-14-6-8-16-54(50)64-58(52)56/h1-34H. The number of furan rings is 2. The first-order valence-electron chi connectivity index (χ1n) is 21.1. The van der Waals surface area contributed by atoms with Gasteiger partial charge in [0.1, 0.15) is 11.2 Å². The molecule has 0 aliphatic heterocycles. The van der Waals surface area contributed by atoms with Crippen molar-refractivity contribution in [3.05, 3.63) is 217 Å². The molecular formula is C58H34N4O2. The molecule has 6 heteroatoms. The Labute approximate surface area is 367 Å². The number of para-hydroxylation sites is 2. The van der Waals surface area contributed by atoms with Crippen LogP contribution in [-0.2, 0) is 0 Å². The van der Waals surface area contributed by atoms with Crippen LogP contribution in [0, 0.1) is 22.7 Å². The minimum Gasteiger partial charge on any atom is -0.454 e. The molecule has 2 heterocycles. The smallest absolute Gasteiger partial charge is 0.160 e. The van der Waals surface area contributed by atoms with E-state index in [0.717, 1.165) is 111 Å². The van der Waals surface area contributed by atoms with Gasteiger partial charge in [0.2, 0.25) is 0 Å². The van der Waals surface area contributed by atoms with Crippen LogP contribution in [0.3, 0.4) is 0 Å². The van der Waals surface area contributed by atoms with Crippen LogP contribution in [0.15, 0.2) is 215 Å². The van der Waals surface area contributed by atoms with Crippen molar-refractivity contribution in [2.75, 3.05) is 9.80 Å². The molecule has 0 saturated heterocycles. The van der Waals surface area contributed by atoms with E-state index in [1.54, 1.807) is 0 Å². The third-order valence-corrected chi connectivity index (χ3v) is 12.3. The number of rotatable bonds is 7. The van der Waals surface area contributed by atoms with Gasteiger partial charge in [0.25, 0.3) is 0 Å². The molecule has 6 nitrogen and oxygen atoms in total. The molecule has 0 spiro atoms. The number of hydrogen-bond donors (Lipinski definition) is 0. The van der Waals surface area contributed by atoms with Gasteiger partial charge in [0.05, 0.1) is 34.6 Å². The molecule has 0 unspecified atom stereocenters. The topological polar surface area (TPSA) is 80.3 Å². The van der Waals surface area contributed by atoms with Crippen LogP contribution in [0.1, 0.15) is 11.1 Å². The molecule has 0 bridgehead atoms. The fraction of sp³-hybridized carbons (Fsp3) is 0. The molecule has 2 aromatic heterocycles. The summed E-state index contributed by atoms with van der Waals surface area (Å²) in [5, 5.41) is 28.1. The summed E-state index contributed by atoms with van der Waals surface area (Å²) >= 11 is 0. The lowest BCUT2D eigenvalue weighted by Crippen LogP contribution is -2.10. The Morgan fingerprint density at radius 1 is 0.344 bits per heavy atom. The van der Waals surface area contributed by atoms with E-state index >= 15 is 0 Å². The van der Waals surface area contributed by atoms with Gasteiger partial charge in [0.15, 0.2) is 11.2 Å². The highest BCUT2D eigenvalue weighted by molar-refractivity contribution is 6.24. The van der Waals surface area contributed by atoms with Gasteiger partial charge in [-0.25, -0.2) is 0 Å². The summed E-state index contributed by atoms with van der Waals surface area (Å²) in [4.78, 5) is 4.42. The summed E-state index contributed by atoms with van der Waals surface area (Å²) in [6, 6.07) is 74.7. The van der Waals surface area contributed by atoms with E-state index in [1.165, 1.54) is 0 Å². The van der Waals surface area contributed by atoms with Gasteiger partial charge in [-0.05, 0) is 130 Å². The van der Waals surface area contributed by atoms with Gasteiger partial charge in [-0.3, -0.25) is 0 Å². The van der Waals surface area contributed by atoms with E-state index in [-0.39, 0.29) is 0 Å². The monoisotopic (exact) mass is 818 g/mol. The summed E-state index contributed by atoms with van der Waals surface area (Å²) in [5.74, 6) is 0. The van der Waals surface area contributed by atoms with Crippen LogP contribution < -0.4 is 9.80 Å². The Morgan fingerprint density at radius 3 is 1.05 bits per heavy atom. The molecule has 0 amide bonds. The lowest BCUT2D eigenvalue weighted by molar-refractivity contribution is 0.669. The Bertz CT molecular complexity index is 3600. The number of anilines is 6. The predicted molar refractivity (Wildman–Crippen MR) is 260 cm³/mol. The molecule has 12 rings (SSSR count). The average molecular weight is 819 g/mol. The van der Waals surface area contributed by atoms with Crippen molar-refractivity contribution in [3.8, 4) is 23.3 Å². The Kier molecular flexibility index (Phi) is 8.50. The number of benzene rings is 10. The normalized spacial score (nSPS) is 11.4. The van der Waals surface area contributed by atoms with E-state index in [0.29, 0.717) is 11.1 Å². The Hall–Kier alpha value is -9.10. The van der Waals surface area contributed by atoms with Crippen LogP contribution in [0.4, 0.5) is 34.1 Å². The quantitative estimate of drug-likeness (QED) is 0.159. The van der Waals surface area contributed by atoms with Crippen molar-refractivity contribution < 1.29 is 8.83 Å². The SMILES string of the molecule is N#Cc1ccc(N(c2ccc(-c3ccc(N(c4ccc(C#N)cc4)c4cc5ccccc5c5c4oc4ccccc45)cc3)cc2)c2cc3ccccc3c3c2oc2ccccc23)cc1. The fourth-order valence-corrected chi connectivity index (χ4v) is 9.28. The van der Waals surface area contributed by atoms with E-state index in [4.69, 9.17) is 8.83 Å². The molecule has 10 aromatic carbocycles. The summed E-state index contributed by atoms with van der Waals surface area (Å²) in [6.07, 6.45) is 0. The minimum absolute atomic E-state index is 0.593. The van der Waals surface area contributed by atoms with Gasteiger partial charge in [-0.1, -0.05) is 109 Å². The van der Waals surface area contributed by atoms with E-state index in [1.807, 2.05) is 72.8 Å². The van der Waals surface area contributed by atoms with Gasteiger partial charge in [-0.2, -0.15) is 10.5 Å². The lowest BCUT2D eigenvalue weighted by Gasteiger charge is -2.27. The summed E-state index contributed by atoms with van der Waals surface area (Å²) in [5.41, 5.74) is 12.0. The van der Waals surface area contributed by atoms with Crippen molar-refractivity contribution in [2.24, 2.45) is 0 Å². The first kappa shape index (κ1) is 36.7. The summed E-state index contributed by atoms with van der Waals surface area (Å²) < 4.78 is 13.4. The highest BCUT2D eigenvalue weighted by Gasteiger charge is 2.24. The predicted octanol–water partition coefficient (Wildman–Crippen LogP) is 16.1. The van der Waals surface area contributed by atoms with Gasteiger partial charge < -0.3 is 18.6 Å². The fourth-order valence-electron chi connectivity index (χ4n) is 9.28. The first-order chi connectivity index (χ1) is 31.6. The highest BCUT2D eigenvalue weighted by Crippen LogP contribution is 2.48. The van der Waals surface area contributed by atoms with Crippen molar-refractivity contribution >= 4 is 99.5 Å². The molecule has 0 atom stereocenters. The molecule has 0 radical (unpaired) electrons. The van der Waals surface area contributed by atoms with Crippen LogP contribution in [-0.4, -0.2) is 0 Å². The molecule has 0 aliphatic carbocycles. The van der Waals surface area contributed by atoms with E-state index in [2.05, 4.69) is 155 Å². The average Bonchev–Trinajstić information content (AvgIpc) is 3.96. The van der Waals surface area contributed by atoms with E-state index < -0.39 is 0 Å². The number of hydrogen-bond acceptors (Lipinski definition) is 6. The van der Waals surface area contributed by atoms with Crippen molar-refractivity contribution in [1.29, 1.82) is 10.5 Å². The van der Waals surface area contributed by atoms with Crippen LogP contribution in [0.25, 0.3) is 76.5 Å². The van der Waals surface area contributed by atoms with Crippen LogP contribution in [0.5, 0.6) is 0 Å². The molecule has 0 N–H and O–H groups in total. The van der Waals surface area contributed by atoms with Gasteiger partial charge in [-0.15, -0.1) is 0 Å². The summed E-state index contributed by atoms with van der Waals surface area (Å²) in [6.45, 7) is 0. The zero-order valence-corrected chi connectivity index (χ0v) is 34.2. The molecular weight excluding hydrogens is 785 g/mol. The maximum atomic E-state index is 9.67. The Morgan fingerprint density at radius 2 is 0.672 bits per heavy atom. The maximum absolute atomic E-state index is 9.67. The second-order valence-corrected chi connectivity index (χ2v) is 15.9. The zero-order chi connectivity index (χ0) is 42.7. The molecule has 0 fully saturated rings. The number of fused-ring (bicyclic) bond motifs is 10.